The van der Waals surface area contributed by atoms with E-state index < -0.39 is 22.8 Å². The molecule has 0 aliphatic rings. The summed E-state index contributed by atoms with van der Waals surface area (Å²) in [6, 6.07) is 2.70. The molecule has 0 spiro atoms. The summed E-state index contributed by atoms with van der Waals surface area (Å²) in [6.07, 6.45) is 0.380. The highest BCUT2D eigenvalue weighted by atomic mass is 35.5. The van der Waals surface area contributed by atoms with E-state index in [1.54, 1.807) is 0 Å². The summed E-state index contributed by atoms with van der Waals surface area (Å²) in [4.78, 5) is 34.1. The van der Waals surface area contributed by atoms with Gasteiger partial charge in [-0.1, -0.05) is 25.4 Å². The van der Waals surface area contributed by atoms with Crippen molar-refractivity contribution in [2.24, 2.45) is 5.92 Å². The summed E-state index contributed by atoms with van der Waals surface area (Å²) in [5.74, 6) is -1.10. The highest BCUT2D eigenvalue weighted by Gasteiger charge is 2.25. The van der Waals surface area contributed by atoms with Crippen molar-refractivity contribution in [1.82, 2.24) is 5.32 Å². The quantitative estimate of drug-likeness (QED) is 0.491. The van der Waals surface area contributed by atoms with Gasteiger partial charge in [0.05, 0.1) is 22.6 Å². The van der Waals surface area contributed by atoms with Crippen LogP contribution in [0.3, 0.4) is 0 Å². The van der Waals surface area contributed by atoms with Gasteiger partial charge in [-0.05, 0) is 18.4 Å². The van der Waals surface area contributed by atoms with E-state index in [0.29, 0.717) is 6.42 Å². The van der Waals surface area contributed by atoms with Crippen LogP contribution < -0.4 is 5.32 Å². The molecular formula is C14H17ClN2O5. The van der Waals surface area contributed by atoms with Crippen molar-refractivity contribution >= 4 is 29.2 Å². The van der Waals surface area contributed by atoms with E-state index in [2.05, 4.69) is 10.1 Å². The first kappa shape index (κ1) is 17.9. The van der Waals surface area contributed by atoms with Gasteiger partial charge in [0.2, 0.25) is 0 Å². The van der Waals surface area contributed by atoms with Crippen LogP contribution in [-0.4, -0.2) is 30.0 Å². The fraction of sp³-hybridized carbons (Fsp3) is 0.429. The topological polar surface area (TPSA) is 98.5 Å². The van der Waals surface area contributed by atoms with Gasteiger partial charge < -0.3 is 10.1 Å². The SMILES string of the molecule is COC(=O)[C@@H](CC(C)C)NC(=O)c1cc([N+](=O)[O-])ccc1Cl. The maximum absolute atomic E-state index is 12.2. The van der Waals surface area contributed by atoms with Crippen molar-refractivity contribution in [3.63, 3.8) is 0 Å². The van der Waals surface area contributed by atoms with Gasteiger partial charge in [0.25, 0.3) is 11.6 Å². The average Bonchev–Trinajstić information content (AvgIpc) is 2.45. The van der Waals surface area contributed by atoms with Crippen LogP contribution in [0.4, 0.5) is 5.69 Å². The van der Waals surface area contributed by atoms with Crippen LogP contribution in [0.1, 0.15) is 30.6 Å². The highest BCUT2D eigenvalue weighted by Crippen LogP contribution is 2.22. The molecule has 0 unspecified atom stereocenters. The molecule has 0 saturated heterocycles. The standard InChI is InChI=1S/C14H17ClN2O5/c1-8(2)6-12(14(19)22-3)16-13(18)10-7-9(17(20)21)4-5-11(10)15/h4-5,7-8,12H,6H2,1-3H3,(H,16,18)/t12-/m1/s1. The fourth-order valence-electron chi connectivity index (χ4n) is 1.86. The van der Waals surface area contributed by atoms with Crippen LogP contribution in [-0.2, 0) is 9.53 Å². The molecule has 120 valence electrons. The first-order valence-corrected chi connectivity index (χ1v) is 6.96. The molecule has 1 aromatic rings. The smallest absolute Gasteiger partial charge is 0.328 e. The second-order valence-electron chi connectivity index (χ2n) is 5.10. The van der Waals surface area contributed by atoms with Crippen molar-refractivity contribution in [2.75, 3.05) is 7.11 Å². The number of benzene rings is 1. The Morgan fingerprint density at radius 1 is 1.41 bits per heavy atom. The van der Waals surface area contributed by atoms with E-state index in [-0.39, 0.29) is 22.2 Å². The first-order valence-electron chi connectivity index (χ1n) is 6.58. The fourth-order valence-corrected chi connectivity index (χ4v) is 2.07. The molecule has 1 N–H and O–H groups in total. The molecule has 0 radical (unpaired) electrons. The number of carbonyl (C=O) groups excluding carboxylic acids is 2. The molecule has 0 aliphatic heterocycles. The van der Waals surface area contributed by atoms with Gasteiger partial charge in [-0.25, -0.2) is 4.79 Å². The van der Waals surface area contributed by atoms with Gasteiger partial charge in [0.1, 0.15) is 6.04 Å². The summed E-state index contributed by atoms with van der Waals surface area (Å²) in [5, 5.41) is 13.3. The van der Waals surface area contributed by atoms with E-state index in [9.17, 15) is 19.7 Å². The second-order valence-corrected chi connectivity index (χ2v) is 5.51. The van der Waals surface area contributed by atoms with Crippen molar-refractivity contribution in [2.45, 2.75) is 26.3 Å². The molecule has 1 atom stereocenters. The Morgan fingerprint density at radius 2 is 2.05 bits per heavy atom. The van der Waals surface area contributed by atoms with E-state index in [0.717, 1.165) is 6.07 Å². The van der Waals surface area contributed by atoms with Gasteiger partial charge in [-0.15, -0.1) is 0 Å². The Kier molecular flexibility index (Phi) is 6.30. The molecule has 1 aromatic carbocycles. The monoisotopic (exact) mass is 328 g/mol. The summed E-state index contributed by atoms with van der Waals surface area (Å²) in [5.41, 5.74) is -0.318. The number of nitro benzene ring substituents is 1. The van der Waals surface area contributed by atoms with Crippen LogP contribution >= 0.6 is 11.6 Å². The minimum atomic E-state index is -0.840. The van der Waals surface area contributed by atoms with Gasteiger partial charge >= 0.3 is 5.97 Å². The van der Waals surface area contributed by atoms with Gasteiger partial charge in [-0.2, -0.15) is 0 Å². The van der Waals surface area contributed by atoms with E-state index in [4.69, 9.17) is 11.6 Å². The second kappa shape index (κ2) is 7.74. The van der Waals surface area contributed by atoms with Crippen molar-refractivity contribution in [3.8, 4) is 0 Å². The lowest BCUT2D eigenvalue weighted by Crippen LogP contribution is -2.42. The van der Waals surface area contributed by atoms with E-state index >= 15 is 0 Å². The third-order valence-electron chi connectivity index (χ3n) is 2.90. The molecule has 0 fully saturated rings. The zero-order chi connectivity index (χ0) is 16.9. The van der Waals surface area contributed by atoms with Crippen LogP contribution in [0.15, 0.2) is 18.2 Å². The molecule has 1 rings (SSSR count). The Hall–Kier alpha value is -2.15. The highest BCUT2D eigenvalue weighted by molar-refractivity contribution is 6.34. The number of nitrogens with zero attached hydrogens (tertiary/aromatic N) is 1. The zero-order valence-corrected chi connectivity index (χ0v) is 13.2. The number of amides is 1. The number of nitro groups is 1. The van der Waals surface area contributed by atoms with Crippen LogP contribution in [0, 0.1) is 16.0 Å². The summed E-state index contributed by atoms with van der Waals surface area (Å²) in [7, 11) is 1.22. The number of methoxy groups -OCH3 is 1. The summed E-state index contributed by atoms with van der Waals surface area (Å²) >= 11 is 5.90. The first-order chi connectivity index (χ1) is 10.3. The molecule has 0 aromatic heterocycles. The maximum atomic E-state index is 12.2. The lowest BCUT2D eigenvalue weighted by Gasteiger charge is -2.18. The Balaban J connectivity index is 3.01. The molecule has 7 nitrogen and oxygen atoms in total. The van der Waals surface area contributed by atoms with E-state index in [1.165, 1.54) is 19.2 Å². The van der Waals surface area contributed by atoms with Gasteiger partial charge in [0.15, 0.2) is 0 Å². The van der Waals surface area contributed by atoms with Crippen LogP contribution in [0.2, 0.25) is 5.02 Å². The largest absolute Gasteiger partial charge is 0.467 e. The number of hydrogen-bond acceptors (Lipinski definition) is 5. The predicted octanol–water partition coefficient (Wildman–Crippen LogP) is 2.57. The molecular weight excluding hydrogens is 312 g/mol. The molecule has 0 heterocycles. The van der Waals surface area contributed by atoms with Crippen molar-refractivity contribution in [3.05, 3.63) is 38.9 Å². The molecule has 1 amide bonds. The Labute approximate surface area is 132 Å². The van der Waals surface area contributed by atoms with Crippen LogP contribution in [0.5, 0.6) is 0 Å². The molecule has 0 aliphatic carbocycles. The van der Waals surface area contributed by atoms with Crippen LogP contribution in [0.25, 0.3) is 0 Å². The number of non-ortho nitro benzene ring substituents is 1. The maximum Gasteiger partial charge on any atom is 0.328 e. The minimum absolute atomic E-state index is 0.0616. The van der Waals surface area contributed by atoms with Gasteiger partial charge in [-0.3, -0.25) is 14.9 Å². The van der Waals surface area contributed by atoms with Gasteiger partial charge in [0, 0.05) is 12.1 Å². The number of hydrogen-bond donors (Lipinski definition) is 1. The van der Waals surface area contributed by atoms with Crippen molar-refractivity contribution < 1.29 is 19.2 Å². The average molecular weight is 329 g/mol. The summed E-state index contributed by atoms with van der Waals surface area (Å²) < 4.78 is 4.65. The molecule has 8 heteroatoms. The third kappa shape index (κ3) is 4.70. The zero-order valence-electron chi connectivity index (χ0n) is 12.5. The third-order valence-corrected chi connectivity index (χ3v) is 3.23. The number of halogens is 1. The number of rotatable bonds is 6. The summed E-state index contributed by atoms with van der Waals surface area (Å²) in [6.45, 7) is 3.78. The van der Waals surface area contributed by atoms with E-state index in [1.807, 2.05) is 13.8 Å². The Morgan fingerprint density at radius 3 is 2.55 bits per heavy atom. The van der Waals surface area contributed by atoms with Crippen molar-refractivity contribution in [1.29, 1.82) is 0 Å². The number of esters is 1. The normalized spacial score (nSPS) is 11.9. The number of nitrogens with one attached hydrogen (secondary N) is 1. The number of carbonyl (C=O) groups is 2. The molecule has 22 heavy (non-hydrogen) atoms. The minimum Gasteiger partial charge on any atom is -0.467 e. The lowest BCUT2D eigenvalue weighted by molar-refractivity contribution is -0.384. The lowest BCUT2D eigenvalue weighted by atomic mass is 10.0. The Bertz CT molecular complexity index is 589. The number of ether oxygens (including phenoxy) is 1. The predicted molar refractivity (Wildman–Crippen MR) is 80.8 cm³/mol. The molecule has 0 saturated carbocycles. The molecule has 0 bridgehead atoms.